The first kappa shape index (κ1) is 9.72. The van der Waals surface area contributed by atoms with Crippen molar-refractivity contribution in [1.82, 2.24) is 5.43 Å². The van der Waals surface area contributed by atoms with Crippen LogP contribution in [0.25, 0.3) is 0 Å². The molecule has 0 unspecified atom stereocenters. The van der Waals surface area contributed by atoms with Crippen molar-refractivity contribution in [2.75, 3.05) is 0 Å². The molecule has 0 bridgehead atoms. The van der Waals surface area contributed by atoms with Crippen LogP contribution in [-0.4, -0.2) is 23.1 Å². The molecular weight excluding hydrogens is 171 g/mol. The van der Waals surface area contributed by atoms with Crippen molar-refractivity contribution >= 4 is 18.5 Å². The molecule has 0 aliphatic rings. The van der Waals surface area contributed by atoms with Gasteiger partial charge in [0.2, 0.25) is 0 Å². The molecule has 6 heteroatoms. The second kappa shape index (κ2) is 4.04. The van der Waals surface area contributed by atoms with Crippen molar-refractivity contribution in [3.8, 4) is 0 Å². The first-order chi connectivity index (χ1) is 6.15. The van der Waals surface area contributed by atoms with E-state index in [1.165, 1.54) is 24.3 Å². The van der Waals surface area contributed by atoms with E-state index in [2.05, 4.69) is 0 Å². The SMILES string of the molecule is NNC(=O)c1ccc(B(O)O)cc1. The maximum Gasteiger partial charge on any atom is 0.488 e. The Bertz CT molecular complexity index is 299. The van der Waals surface area contributed by atoms with Crippen LogP contribution >= 0.6 is 0 Å². The lowest BCUT2D eigenvalue weighted by molar-refractivity contribution is 0.0953. The average Bonchev–Trinajstić information content (AvgIpc) is 2.17. The van der Waals surface area contributed by atoms with Crippen LogP contribution in [-0.2, 0) is 0 Å². The molecule has 1 amide bonds. The van der Waals surface area contributed by atoms with Crippen LogP contribution in [0.2, 0.25) is 0 Å². The molecule has 0 saturated carbocycles. The number of carbonyl (C=O) groups is 1. The number of nitrogens with one attached hydrogen (secondary N) is 1. The summed E-state index contributed by atoms with van der Waals surface area (Å²) >= 11 is 0. The van der Waals surface area contributed by atoms with E-state index >= 15 is 0 Å². The normalized spacial score (nSPS) is 9.46. The van der Waals surface area contributed by atoms with Crippen molar-refractivity contribution in [1.29, 1.82) is 0 Å². The van der Waals surface area contributed by atoms with Gasteiger partial charge in [0.25, 0.3) is 5.91 Å². The van der Waals surface area contributed by atoms with Crippen LogP contribution in [0.5, 0.6) is 0 Å². The number of nitrogens with two attached hydrogens (primary N) is 1. The van der Waals surface area contributed by atoms with E-state index in [0.717, 1.165) is 0 Å². The molecule has 68 valence electrons. The van der Waals surface area contributed by atoms with Gasteiger partial charge in [0, 0.05) is 5.56 Å². The number of amides is 1. The van der Waals surface area contributed by atoms with E-state index in [1.54, 1.807) is 0 Å². The Morgan fingerprint density at radius 2 is 1.85 bits per heavy atom. The predicted molar refractivity (Wildman–Crippen MR) is 47.9 cm³/mol. The van der Waals surface area contributed by atoms with Gasteiger partial charge in [-0.15, -0.1) is 0 Å². The van der Waals surface area contributed by atoms with Gasteiger partial charge in [0.15, 0.2) is 0 Å². The smallest absolute Gasteiger partial charge is 0.423 e. The summed E-state index contributed by atoms with van der Waals surface area (Å²) in [6.45, 7) is 0. The Hall–Kier alpha value is -1.37. The van der Waals surface area contributed by atoms with Crippen molar-refractivity contribution in [3.63, 3.8) is 0 Å². The molecule has 0 aliphatic heterocycles. The monoisotopic (exact) mass is 180 g/mol. The van der Waals surface area contributed by atoms with Gasteiger partial charge >= 0.3 is 7.12 Å². The zero-order chi connectivity index (χ0) is 9.84. The van der Waals surface area contributed by atoms with Gasteiger partial charge in [0.1, 0.15) is 0 Å². The largest absolute Gasteiger partial charge is 0.488 e. The van der Waals surface area contributed by atoms with Crippen molar-refractivity contribution in [3.05, 3.63) is 29.8 Å². The molecule has 13 heavy (non-hydrogen) atoms. The second-order valence-corrected chi connectivity index (χ2v) is 2.47. The molecule has 0 saturated heterocycles. The molecule has 0 heterocycles. The van der Waals surface area contributed by atoms with Gasteiger partial charge in [0.05, 0.1) is 0 Å². The Morgan fingerprint density at radius 1 is 1.31 bits per heavy atom. The fraction of sp³-hybridized carbons (Fsp3) is 0. The highest BCUT2D eigenvalue weighted by Gasteiger charge is 2.11. The molecule has 1 rings (SSSR count). The van der Waals surface area contributed by atoms with E-state index in [9.17, 15) is 4.79 Å². The first-order valence-corrected chi connectivity index (χ1v) is 3.62. The van der Waals surface area contributed by atoms with Crippen LogP contribution in [0.4, 0.5) is 0 Å². The first-order valence-electron chi connectivity index (χ1n) is 3.62. The van der Waals surface area contributed by atoms with Crippen LogP contribution in [0.3, 0.4) is 0 Å². The fourth-order valence-electron chi connectivity index (χ4n) is 0.890. The topological polar surface area (TPSA) is 95.6 Å². The minimum atomic E-state index is -1.52. The Kier molecular flexibility index (Phi) is 3.02. The molecular formula is C7H9BN2O3. The second-order valence-electron chi connectivity index (χ2n) is 2.47. The summed E-state index contributed by atoms with van der Waals surface area (Å²) in [5.41, 5.74) is 2.66. The van der Waals surface area contributed by atoms with Gasteiger partial charge in [-0.3, -0.25) is 10.2 Å². The maximum atomic E-state index is 10.9. The zero-order valence-corrected chi connectivity index (χ0v) is 6.77. The quantitative estimate of drug-likeness (QED) is 0.182. The molecule has 0 fully saturated rings. The van der Waals surface area contributed by atoms with Crippen LogP contribution in [0.15, 0.2) is 24.3 Å². The van der Waals surface area contributed by atoms with Crippen LogP contribution in [0, 0.1) is 0 Å². The molecule has 0 aromatic heterocycles. The Labute approximate surface area is 75.3 Å². The maximum absolute atomic E-state index is 10.9. The van der Waals surface area contributed by atoms with E-state index in [4.69, 9.17) is 15.9 Å². The molecule has 5 nitrogen and oxygen atoms in total. The standard InChI is InChI=1S/C7H9BN2O3/c9-10-7(11)5-1-3-6(4-2-5)8(12)13/h1-4,12-13H,9H2,(H,10,11). The number of hydrazine groups is 1. The molecule has 0 aliphatic carbocycles. The Morgan fingerprint density at radius 3 is 2.23 bits per heavy atom. The predicted octanol–water partition coefficient (Wildman–Crippen LogP) is -2.03. The van der Waals surface area contributed by atoms with Gasteiger partial charge in [-0.05, 0) is 17.6 Å². The van der Waals surface area contributed by atoms with E-state index in [-0.39, 0.29) is 0 Å². The molecule has 0 radical (unpaired) electrons. The third kappa shape index (κ3) is 2.28. The van der Waals surface area contributed by atoms with Gasteiger partial charge in [-0.25, -0.2) is 5.84 Å². The number of hydrogen-bond acceptors (Lipinski definition) is 4. The minimum Gasteiger partial charge on any atom is -0.423 e. The third-order valence-electron chi connectivity index (χ3n) is 1.60. The lowest BCUT2D eigenvalue weighted by Gasteiger charge is -2.01. The van der Waals surface area contributed by atoms with E-state index < -0.39 is 13.0 Å². The summed E-state index contributed by atoms with van der Waals surface area (Å²) in [4.78, 5) is 10.9. The molecule has 1 aromatic rings. The van der Waals surface area contributed by atoms with Crippen LogP contribution < -0.4 is 16.7 Å². The van der Waals surface area contributed by atoms with Gasteiger partial charge in [-0.2, -0.15) is 0 Å². The number of benzene rings is 1. The number of nitrogen functional groups attached to an aromatic ring is 1. The van der Waals surface area contributed by atoms with Gasteiger partial charge < -0.3 is 10.0 Å². The molecule has 0 spiro atoms. The number of carbonyl (C=O) groups excluding carboxylic acids is 1. The van der Waals surface area contributed by atoms with Crippen molar-refractivity contribution in [2.24, 2.45) is 5.84 Å². The lowest BCUT2D eigenvalue weighted by atomic mass is 9.80. The molecule has 0 atom stereocenters. The highest BCUT2D eigenvalue weighted by molar-refractivity contribution is 6.58. The summed E-state index contributed by atoms with van der Waals surface area (Å²) in [7, 11) is -1.52. The lowest BCUT2D eigenvalue weighted by Crippen LogP contribution is -2.32. The summed E-state index contributed by atoms with van der Waals surface area (Å²) in [5, 5.41) is 17.5. The minimum absolute atomic E-state index is 0.327. The van der Waals surface area contributed by atoms with E-state index in [1.807, 2.05) is 5.43 Å². The molecule has 1 aromatic carbocycles. The van der Waals surface area contributed by atoms with E-state index in [0.29, 0.717) is 11.0 Å². The fourth-order valence-corrected chi connectivity index (χ4v) is 0.890. The number of hydrogen-bond donors (Lipinski definition) is 4. The van der Waals surface area contributed by atoms with Crippen molar-refractivity contribution < 1.29 is 14.8 Å². The summed E-state index contributed by atoms with van der Waals surface area (Å²) < 4.78 is 0. The highest BCUT2D eigenvalue weighted by Crippen LogP contribution is 1.95. The average molecular weight is 180 g/mol. The number of rotatable bonds is 2. The highest BCUT2D eigenvalue weighted by atomic mass is 16.4. The Balaban J connectivity index is 2.87. The third-order valence-corrected chi connectivity index (χ3v) is 1.60. The van der Waals surface area contributed by atoms with Crippen LogP contribution in [0.1, 0.15) is 10.4 Å². The summed E-state index contributed by atoms with van der Waals surface area (Å²) in [5.74, 6) is 4.49. The zero-order valence-electron chi connectivity index (χ0n) is 6.77. The summed E-state index contributed by atoms with van der Waals surface area (Å²) in [6, 6.07) is 5.79. The van der Waals surface area contributed by atoms with Crippen molar-refractivity contribution in [2.45, 2.75) is 0 Å². The molecule has 5 N–H and O–H groups in total. The summed E-state index contributed by atoms with van der Waals surface area (Å²) in [6.07, 6.45) is 0. The van der Waals surface area contributed by atoms with Gasteiger partial charge in [-0.1, -0.05) is 12.1 Å².